The molecule has 0 spiro atoms. The Morgan fingerprint density at radius 2 is 1.70 bits per heavy atom. The average Bonchev–Trinajstić information content (AvgIpc) is 3.22. The van der Waals surface area contributed by atoms with Crippen molar-refractivity contribution in [1.82, 2.24) is 19.7 Å². The number of rotatable bonds is 3. The van der Waals surface area contributed by atoms with E-state index in [4.69, 9.17) is 0 Å². The van der Waals surface area contributed by atoms with Gasteiger partial charge in [0.2, 0.25) is 5.91 Å². The molecule has 6 nitrogen and oxygen atoms in total. The molecule has 2 aliphatic heterocycles. The van der Waals surface area contributed by atoms with Crippen LogP contribution in [0.4, 0.5) is 31.1 Å². The maximum atomic E-state index is 13.7. The van der Waals surface area contributed by atoms with Crippen LogP contribution in [0.25, 0.3) is 0 Å². The summed E-state index contributed by atoms with van der Waals surface area (Å²) in [7, 11) is 1.34. The van der Waals surface area contributed by atoms with Crippen LogP contribution in [0.15, 0.2) is 36.5 Å². The lowest BCUT2D eigenvalue weighted by atomic mass is 9.94. The van der Waals surface area contributed by atoms with E-state index in [0.717, 1.165) is 10.5 Å². The maximum Gasteiger partial charge on any atom is 0.416 e. The molecule has 3 unspecified atom stereocenters. The second-order valence-electron chi connectivity index (χ2n) is 9.45. The third-order valence-electron chi connectivity index (χ3n) is 7.21. The van der Waals surface area contributed by atoms with Gasteiger partial charge in [0.25, 0.3) is 0 Å². The Labute approximate surface area is 209 Å². The summed E-state index contributed by atoms with van der Waals surface area (Å²) in [5.41, 5.74) is -1.77. The Morgan fingerprint density at radius 3 is 2.27 bits per heavy atom. The van der Waals surface area contributed by atoms with Crippen molar-refractivity contribution in [2.45, 2.75) is 57.2 Å². The van der Waals surface area contributed by atoms with Crippen molar-refractivity contribution in [2.24, 2.45) is 0 Å². The van der Waals surface area contributed by atoms with Crippen molar-refractivity contribution in [1.29, 1.82) is 0 Å². The molecule has 0 N–H and O–H groups in total. The van der Waals surface area contributed by atoms with Gasteiger partial charge in [-0.3, -0.25) is 9.78 Å². The van der Waals surface area contributed by atoms with Gasteiger partial charge in [-0.1, -0.05) is 6.07 Å². The third kappa shape index (κ3) is 5.10. The lowest BCUT2D eigenvalue weighted by molar-refractivity contribution is -0.143. The van der Waals surface area contributed by atoms with E-state index in [-0.39, 0.29) is 36.7 Å². The highest BCUT2D eigenvalue weighted by atomic mass is 19.4. The molecule has 200 valence electrons. The molecule has 0 aliphatic carbocycles. The molecular formula is C25H26F6N4O2. The Morgan fingerprint density at radius 1 is 1.08 bits per heavy atom. The number of piperazine rings is 1. The van der Waals surface area contributed by atoms with Crippen LogP contribution in [0.2, 0.25) is 0 Å². The number of hydrogen-bond acceptors (Lipinski definition) is 3. The first-order chi connectivity index (χ1) is 17.2. The number of alkyl halides is 6. The highest BCUT2D eigenvalue weighted by Gasteiger charge is 2.47. The summed E-state index contributed by atoms with van der Waals surface area (Å²) in [6, 6.07) is 2.30. The molecule has 4 rings (SSSR count). The molecule has 3 amide bonds. The molecule has 3 heterocycles. The summed E-state index contributed by atoms with van der Waals surface area (Å²) >= 11 is 0. The molecule has 3 atom stereocenters. The van der Waals surface area contributed by atoms with E-state index in [1.165, 1.54) is 18.9 Å². The lowest BCUT2D eigenvalue weighted by Gasteiger charge is -2.46. The van der Waals surface area contributed by atoms with Gasteiger partial charge in [0.15, 0.2) is 0 Å². The minimum atomic E-state index is -4.99. The quantitative estimate of drug-likeness (QED) is 0.489. The number of aromatic nitrogens is 1. The normalized spacial score (nSPS) is 21.2. The van der Waals surface area contributed by atoms with Gasteiger partial charge in [0.1, 0.15) is 0 Å². The minimum Gasteiger partial charge on any atom is -0.335 e. The highest BCUT2D eigenvalue weighted by molar-refractivity contribution is 5.81. The number of halogens is 6. The molecule has 37 heavy (non-hydrogen) atoms. The number of fused-ring (bicyclic) bond motifs is 1. The predicted octanol–water partition coefficient (Wildman–Crippen LogP) is 5.59. The van der Waals surface area contributed by atoms with E-state index in [9.17, 15) is 35.9 Å². The van der Waals surface area contributed by atoms with Crippen molar-refractivity contribution < 1.29 is 35.9 Å². The first-order valence-corrected chi connectivity index (χ1v) is 11.7. The van der Waals surface area contributed by atoms with Crippen LogP contribution >= 0.6 is 0 Å². The van der Waals surface area contributed by atoms with E-state index in [0.29, 0.717) is 30.7 Å². The molecule has 2 saturated heterocycles. The van der Waals surface area contributed by atoms with Gasteiger partial charge in [-0.05, 0) is 55.7 Å². The molecule has 2 aliphatic rings. The summed E-state index contributed by atoms with van der Waals surface area (Å²) in [6.07, 6.45) is -7.58. The van der Waals surface area contributed by atoms with Gasteiger partial charge >= 0.3 is 18.4 Å². The first kappa shape index (κ1) is 26.7. The molecule has 1 aromatic heterocycles. The van der Waals surface area contributed by atoms with Crippen LogP contribution in [0.3, 0.4) is 0 Å². The van der Waals surface area contributed by atoms with Crippen LogP contribution in [0, 0.1) is 6.92 Å². The largest absolute Gasteiger partial charge is 0.416 e. The van der Waals surface area contributed by atoms with E-state index < -0.39 is 41.6 Å². The van der Waals surface area contributed by atoms with Crippen LogP contribution < -0.4 is 0 Å². The predicted molar refractivity (Wildman–Crippen MR) is 121 cm³/mol. The van der Waals surface area contributed by atoms with Crippen LogP contribution in [0.1, 0.15) is 59.8 Å². The second kappa shape index (κ2) is 9.53. The number of amides is 3. The summed E-state index contributed by atoms with van der Waals surface area (Å²) in [5.74, 6) is -0.0268. The molecule has 1 aromatic carbocycles. The van der Waals surface area contributed by atoms with Crippen LogP contribution in [-0.4, -0.2) is 57.8 Å². The van der Waals surface area contributed by atoms with Crippen molar-refractivity contribution in [3.05, 3.63) is 64.5 Å². The number of hydrogen-bond donors (Lipinski definition) is 0. The summed E-state index contributed by atoms with van der Waals surface area (Å²) < 4.78 is 80.3. The summed E-state index contributed by atoms with van der Waals surface area (Å²) in [4.78, 5) is 35.0. The number of aryl methyl sites for hydroxylation is 1. The van der Waals surface area contributed by atoms with E-state index in [2.05, 4.69) is 4.98 Å². The van der Waals surface area contributed by atoms with Crippen molar-refractivity contribution in [3.8, 4) is 0 Å². The Hall–Kier alpha value is -3.31. The molecule has 2 aromatic rings. The van der Waals surface area contributed by atoms with Gasteiger partial charge < -0.3 is 14.7 Å². The second-order valence-corrected chi connectivity index (χ2v) is 9.45. The number of benzene rings is 1. The fourth-order valence-corrected chi connectivity index (χ4v) is 5.10. The van der Waals surface area contributed by atoms with E-state index in [1.54, 1.807) is 17.2 Å². The van der Waals surface area contributed by atoms with Crippen LogP contribution in [0.5, 0.6) is 0 Å². The van der Waals surface area contributed by atoms with Gasteiger partial charge in [0, 0.05) is 32.8 Å². The highest BCUT2D eigenvalue weighted by Crippen LogP contribution is 2.41. The zero-order valence-electron chi connectivity index (χ0n) is 20.4. The average molecular weight is 528 g/mol. The molecule has 12 heteroatoms. The molecule has 2 fully saturated rings. The number of carbonyl (C=O) groups excluding carboxylic acids is 2. The van der Waals surface area contributed by atoms with Gasteiger partial charge in [-0.2, -0.15) is 26.3 Å². The van der Waals surface area contributed by atoms with Gasteiger partial charge in [-0.25, -0.2) is 4.79 Å². The zero-order chi connectivity index (χ0) is 27.3. The standard InChI is InChI=1S/C25H26F6N4O2/c1-14-5-4-8-32-21(14)22-19-6-7-20(36)34(19)9-10-35(22)23(37)33(3)15(2)16-11-17(24(26,27)28)13-18(12-16)25(29,30)31/h4-5,8,11-13,15,19,22H,6-7,9-10H2,1-3H3. The van der Waals surface area contributed by atoms with Gasteiger partial charge in [0.05, 0.1) is 34.9 Å². The smallest absolute Gasteiger partial charge is 0.335 e. The summed E-state index contributed by atoms with van der Waals surface area (Å²) in [6.45, 7) is 3.63. The fourth-order valence-electron chi connectivity index (χ4n) is 5.10. The Bertz CT molecular complexity index is 1170. The van der Waals surface area contributed by atoms with Crippen molar-refractivity contribution in [2.75, 3.05) is 20.1 Å². The molecule has 0 radical (unpaired) electrons. The molecule has 0 bridgehead atoms. The topological polar surface area (TPSA) is 56.8 Å². The van der Waals surface area contributed by atoms with Crippen molar-refractivity contribution in [3.63, 3.8) is 0 Å². The Kier molecular flexibility index (Phi) is 6.89. The number of nitrogens with zero attached hydrogens (tertiary/aromatic N) is 4. The minimum absolute atomic E-state index is 0.0268. The molecular weight excluding hydrogens is 502 g/mol. The monoisotopic (exact) mass is 528 g/mol. The van der Waals surface area contributed by atoms with Crippen molar-refractivity contribution >= 4 is 11.9 Å². The number of pyridine rings is 1. The lowest BCUT2D eigenvalue weighted by Crippen LogP contribution is -2.57. The molecule has 0 saturated carbocycles. The first-order valence-electron chi connectivity index (χ1n) is 11.7. The number of urea groups is 1. The fraction of sp³-hybridized carbons (Fsp3) is 0.480. The Balaban J connectivity index is 1.69. The summed E-state index contributed by atoms with van der Waals surface area (Å²) in [5, 5.41) is 0. The van der Waals surface area contributed by atoms with E-state index >= 15 is 0 Å². The zero-order valence-corrected chi connectivity index (χ0v) is 20.4. The number of carbonyl (C=O) groups is 2. The third-order valence-corrected chi connectivity index (χ3v) is 7.21. The maximum absolute atomic E-state index is 13.7. The SMILES string of the molecule is Cc1cccnc1C1C2CCC(=O)N2CCN1C(=O)N(C)C(C)c1cc(C(F)(F)F)cc(C(F)(F)F)c1. The van der Waals surface area contributed by atoms with E-state index in [1.807, 2.05) is 13.0 Å². The van der Waals surface area contributed by atoms with Crippen LogP contribution in [-0.2, 0) is 17.1 Å². The van der Waals surface area contributed by atoms with Gasteiger partial charge in [-0.15, -0.1) is 0 Å².